The Morgan fingerprint density at radius 2 is 1.78 bits per heavy atom. The number of nitrogens with zero attached hydrogens (tertiary/aromatic N) is 1. The van der Waals surface area contributed by atoms with Crippen LogP contribution < -0.4 is 5.32 Å². The molecule has 0 saturated heterocycles. The minimum absolute atomic E-state index is 0.00583. The topological polar surface area (TPSA) is 98.5 Å². The number of benzene rings is 1. The van der Waals surface area contributed by atoms with Gasteiger partial charge in [-0.1, -0.05) is 11.6 Å². The van der Waals surface area contributed by atoms with Crippen molar-refractivity contribution < 1.29 is 19.2 Å². The lowest BCUT2D eigenvalue weighted by Gasteiger charge is -2.56. The average Bonchev–Trinajstić information content (AvgIpc) is 2.58. The lowest BCUT2D eigenvalue weighted by Crippen LogP contribution is -2.60. The number of hydrogen-bond donors (Lipinski definition) is 1. The van der Waals surface area contributed by atoms with Gasteiger partial charge in [0.25, 0.3) is 11.6 Å². The number of amides is 1. The molecule has 0 unspecified atom stereocenters. The molecule has 0 heterocycles. The molecular weight excluding hydrogens is 372 g/mol. The monoisotopic (exact) mass is 392 g/mol. The molecule has 7 nitrogen and oxygen atoms in total. The van der Waals surface area contributed by atoms with Crippen LogP contribution in [0.15, 0.2) is 18.2 Å². The maximum atomic E-state index is 12.4. The van der Waals surface area contributed by atoms with Crippen LogP contribution in [-0.4, -0.2) is 28.9 Å². The number of ether oxygens (including phenoxy) is 1. The van der Waals surface area contributed by atoms with E-state index < -0.39 is 17.5 Å². The van der Waals surface area contributed by atoms with E-state index in [2.05, 4.69) is 5.32 Å². The lowest BCUT2D eigenvalue weighted by atomic mass is 9.53. The van der Waals surface area contributed by atoms with Crippen LogP contribution in [0.5, 0.6) is 0 Å². The standard InChI is InChI=1S/C19H21ClN2O5/c20-15-2-1-14(6-16(15)22(25)26)18(24)27-10-17(23)21-19-7-11-3-12(8-19)5-13(4-11)9-19/h1-2,6,11-13H,3-5,7-10H2,(H,21,23). The first-order valence-corrected chi connectivity index (χ1v) is 9.63. The van der Waals surface area contributed by atoms with Crippen molar-refractivity contribution in [1.29, 1.82) is 0 Å². The molecule has 144 valence electrons. The van der Waals surface area contributed by atoms with Crippen LogP contribution in [0, 0.1) is 27.9 Å². The van der Waals surface area contributed by atoms with Crippen LogP contribution in [0.1, 0.15) is 48.9 Å². The van der Waals surface area contributed by atoms with Gasteiger partial charge in [0.15, 0.2) is 6.61 Å². The van der Waals surface area contributed by atoms with E-state index in [1.165, 1.54) is 31.4 Å². The predicted molar refractivity (Wildman–Crippen MR) is 97.4 cm³/mol. The first kappa shape index (κ1) is 18.2. The van der Waals surface area contributed by atoms with Gasteiger partial charge in [0.05, 0.1) is 10.5 Å². The molecule has 0 atom stereocenters. The van der Waals surface area contributed by atoms with Crippen molar-refractivity contribution in [2.45, 2.75) is 44.1 Å². The molecule has 4 aliphatic rings. The molecule has 0 aliphatic heterocycles. The molecule has 1 aromatic carbocycles. The SMILES string of the molecule is O=C(COC(=O)c1ccc(Cl)c([N+](=O)[O-])c1)NC12CC3CC(CC(C3)C1)C2. The Morgan fingerprint density at radius 3 is 2.33 bits per heavy atom. The zero-order chi connectivity index (χ0) is 19.2. The van der Waals surface area contributed by atoms with Crippen molar-refractivity contribution in [1.82, 2.24) is 5.32 Å². The van der Waals surface area contributed by atoms with Crippen molar-refractivity contribution in [3.63, 3.8) is 0 Å². The highest BCUT2D eigenvalue weighted by molar-refractivity contribution is 6.32. The molecule has 0 radical (unpaired) electrons. The molecular formula is C19H21ClN2O5. The second-order valence-electron chi connectivity index (χ2n) is 8.25. The summed E-state index contributed by atoms with van der Waals surface area (Å²) in [5, 5.41) is 14.0. The van der Waals surface area contributed by atoms with E-state index in [9.17, 15) is 19.7 Å². The third-order valence-electron chi connectivity index (χ3n) is 6.16. The maximum Gasteiger partial charge on any atom is 0.338 e. The van der Waals surface area contributed by atoms with E-state index in [0.29, 0.717) is 17.8 Å². The average molecular weight is 393 g/mol. The fourth-order valence-electron chi connectivity index (χ4n) is 5.59. The Kier molecular flexibility index (Phi) is 4.58. The highest BCUT2D eigenvalue weighted by Crippen LogP contribution is 2.55. The van der Waals surface area contributed by atoms with E-state index >= 15 is 0 Å². The third-order valence-corrected chi connectivity index (χ3v) is 6.48. The van der Waals surface area contributed by atoms with Gasteiger partial charge in [-0.25, -0.2) is 4.79 Å². The normalized spacial score (nSPS) is 30.8. The van der Waals surface area contributed by atoms with E-state index in [4.69, 9.17) is 16.3 Å². The number of esters is 1. The van der Waals surface area contributed by atoms with Crippen LogP contribution in [0.2, 0.25) is 5.02 Å². The highest BCUT2D eigenvalue weighted by Gasteiger charge is 2.51. The summed E-state index contributed by atoms with van der Waals surface area (Å²) in [5.41, 5.74) is -0.519. The lowest BCUT2D eigenvalue weighted by molar-refractivity contribution is -0.384. The number of nitrogens with one attached hydrogen (secondary N) is 1. The molecule has 4 bridgehead atoms. The Balaban J connectivity index is 1.35. The van der Waals surface area contributed by atoms with E-state index in [1.807, 2.05) is 0 Å². The minimum atomic E-state index is -0.782. The van der Waals surface area contributed by atoms with Gasteiger partial charge in [0.2, 0.25) is 0 Å². The Hall–Kier alpha value is -2.15. The van der Waals surface area contributed by atoms with Crippen molar-refractivity contribution >= 4 is 29.2 Å². The molecule has 8 heteroatoms. The molecule has 27 heavy (non-hydrogen) atoms. The van der Waals surface area contributed by atoms with Gasteiger partial charge in [-0.15, -0.1) is 0 Å². The van der Waals surface area contributed by atoms with E-state index in [1.54, 1.807) is 0 Å². The van der Waals surface area contributed by atoms with Gasteiger partial charge in [-0.3, -0.25) is 14.9 Å². The number of nitro benzene ring substituents is 1. The summed E-state index contributed by atoms with van der Waals surface area (Å²) in [6.45, 7) is -0.392. The molecule has 4 fully saturated rings. The number of carbonyl (C=O) groups excluding carboxylic acids is 2. The van der Waals surface area contributed by atoms with Gasteiger partial charge < -0.3 is 10.1 Å². The third kappa shape index (κ3) is 3.65. The Morgan fingerprint density at radius 1 is 1.19 bits per heavy atom. The number of rotatable bonds is 5. The zero-order valence-corrected chi connectivity index (χ0v) is 15.5. The molecule has 1 amide bonds. The first-order valence-electron chi connectivity index (χ1n) is 9.26. The molecule has 4 aliphatic carbocycles. The van der Waals surface area contributed by atoms with Crippen LogP contribution in [-0.2, 0) is 9.53 Å². The fourth-order valence-corrected chi connectivity index (χ4v) is 5.78. The van der Waals surface area contributed by atoms with Crippen molar-refractivity contribution in [3.05, 3.63) is 38.9 Å². The van der Waals surface area contributed by atoms with Gasteiger partial charge in [0.1, 0.15) is 5.02 Å². The molecule has 5 rings (SSSR count). The van der Waals surface area contributed by atoms with Crippen molar-refractivity contribution in [2.75, 3.05) is 6.61 Å². The minimum Gasteiger partial charge on any atom is -0.452 e. The predicted octanol–water partition coefficient (Wildman–Crippen LogP) is 3.49. The largest absolute Gasteiger partial charge is 0.452 e. The van der Waals surface area contributed by atoms with Gasteiger partial charge in [-0.05, 0) is 68.4 Å². The number of carbonyl (C=O) groups is 2. The fraction of sp³-hybridized carbons (Fsp3) is 0.579. The van der Waals surface area contributed by atoms with Crippen molar-refractivity contribution in [2.24, 2.45) is 17.8 Å². The molecule has 1 aromatic rings. The van der Waals surface area contributed by atoms with Gasteiger partial charge in [0, 0.05) is 11.6 Å². The Bertz CT molecular complexity index is 774. The maximum absolute atomic E-state index is 12.4. The van der Waals surface area contributed by atoms with E-state index in [0.717, 1.165) is 25.3 Å². The van der Waals surface area contributed by atoms with Crippen LogP contribution in [0.3, 0.4) is 0 Å². The second-order valence-corrected chi connectivity index (χ2v) is 8.65. The number of halogens is 1. The summed E-state index contributed by atoms with van der Waals surface area (Å²) in [6.07, 6.45) is 6.88. The highest BCUT2D eigenvalue weighted by atomic mass is 35.5. The molecule has 1 N–H and O–H groups in total. The van der Waals surface area contributed by atoms with E-state index in [-0.39, 0.29) is 27.7 Å². The zero-order valence-electron chi connectivity index (χ0n) is 14.8. The summed E-state index contributed by atoms with van der Waals surface area (Å²) in [5.74, 6) is 1.01. The number of nitro groups is 1. The van der Waals surface area contributed by atoms with Crippen molar-refractivity contribution in [3.8, 4) is 0 Å². The smallest absolute Gasteiger partial charge is 0.338 e. The Labute approximate surface area is 161 Å². The van der Waals surface area contributed by atoms with Gasteiger partial charge in [-0.2, -0.15) is 0 Å². The first-order chi connectivity index (χ1) is 12.8. The molecule has 0 aromatic heterocycles. The summed E-state index contributed by atoms with van der Waals surface area (Å²) < 4.78 is 5.06. The van der Waals surface area contributed by atoms with Crippen LogP contribution in [0.4, 0.5) is 5.69 Å². The van der Waals surface area contributed by atoms with Gasteiger partial charge >= 0.3 is 5.97 Å². The van der Waals surface area contributed by atoms with Crippen LogP contribution in [0.25, 0.3) is 0 Å². The number of hydrogen-bond acceptors (Lipinski definition) is 5. The summed E-state index contributed by atoms with van der Waals surface area (Å²) in [6, 6.07) is 3.67. The molecule has 0 spiro atoms. The molecule has 4 saturated carbocycles. The summed E-state index contributed by atoms with van der Waals surface area (Å²) in [4.78, 5) is 34.8. The van der Waals surface area contributed by atoms with Crippen LogP contribution >= 0.6 is 11.6 Å². The summed E-state index contributed by atoms with van der Waals surface area (Å²) >= 11 is 5.74. The quantitative estimate of drug-likeness (QED) is 0.469. The summed E-state index contributed by atoms with van der Waals surface area (Å²) in [7, 11) is 0. The second kappa shape index (κ2) is 6.78.